The lowest BCUT2D eigenvalue weighted by molar-refractivity contribution is 1.12. The molecule has 0 rings (SSSR count). The summed E-state index contributed by atoms with van der Waals surface area (Å²) >= 11 is 1.88. The van der Waals surface area contributed by atoms with Crippen LogP contribution in [0.1, 0.15) is 13.8 Å². The first kappa shape index (κ1) is 15.7. The van der Waals surface area contributed by atoms with E-state index < -0.39 is 0 Å². The Morgan fingerprint density at radius 2 is 1.29 bits per heavy atom. The molecule has 0 saturated heterocycles. The molecule has 3 heteroatoms. The number of thioether (sulfide) groups is 1. The van der Waals surface area contributed by atoms with E-state index in [1.807, 2.05) is 11.8 Å². The molecular weight excluding hydrogens is 151 g/mol. The van der Waals surface area contributed by atoms with Gasteiger partial charge < -0.3 is 0 Å². The number of rotatable bonds is 1. The maximum atomic E-state index is 2.19. The van der Waals surface area contributed by atoms with Gasteiger partial charge in [-0.1, -0.05) is 13.8 Å². The molecule has 0 spiro atoms. The molecule has 0 aliphatic heterocycles. The Balaban J connectivity index is -0.0000000800. The van der Waals surface area contributed by atoms with Crippen molar-refractivity contribution in [1.29, 1.82) is 0 Å². The van der Waals surface area contributed by atoms with Crippen molar-refractivity contribution < 1.29 is 0 Å². The van der Waals surface area contributed by atoms with E-state index in [4.69, 9.17) is 0 Å². The van der Waals surface area contributed by atoms with Gasteiger partial charge in [-0.2, -0.15) is 11.8 Å². The Hall–Kier alpha value is 0.930. The molecule has 0 radical (unpaired) electrons. The van der Waals surface area contributed by atoms with Gasteiger partial charge in [-0.05, 0) is 11.5 Å². The molecule has 7 heavy (non-hydrogen) atoms. The zero-order valence-electron chi connectivity index (χ0n) is 4.80. The minimum Gasteiger partial charge on any atom is -0.163 e. The summed E-state index contributed by atoms with van der Waals surface area (Å²) in [5.74, 6) is 0. The third-order valence-electron chi connectivity index (χ3n) is 0.471. The molecule has 0 fully saturated rings. The smallest absolute Gasteiger partial charge is 0.00125 e. The molecule has 0 aromatic carbocycles. The van der Waals surface area contributed by atoms with Crippen molar-refractivity contribution in [1.82, 2.24) is 0 Å². The van der Waals surface area contributed by atoms with E-state index in [9.17, 15) is 0 Å². The molecule has 0 aromatic heterocycles. The summed E-state index contributed by atoms with van der Waals surface area (Å²) in [5.41, 5.74) is 0. The minimum absolute atomic E-state index is 0. The highest BCUT2D eigenvalue weighted by atomic mass is 35.5. The molecule has 0 amide bonds. The Labute approximate surface area is 62.3 Å². The lowest BCUT2D eigenvalue weighted by Crippen LogP contribution is -1.79. The summed E-state index contributed by atoms with van der Waals surface area (Å²) in [7, 11) is 0. The van der Waals surface area contributed by atoms with Crippen LogP contribution in [-0.4, -0.2) is 11.5 Å². The van der Waals surface area contributed by atoms with Gasteiger partial charge in [-0.15, -0.1) is 24.8 Å². The van der Waals surface area contributed by atoms with E-state index in [1.165, 1.54) is 0 Å². The van der Waals surface area contributed by atoms with Crippen LogP contribution in [-0.2, 0) is 0 Å². The maximum absolute atomic E-state index is 2.19. The van der Waals surface area contributed by atoms with Gasteiger partial charge in [0.05, 0.1) is 0 Å². The first-order chi connectivity index (χ1) is 2.27. The predicted molar refractivity (Wildman–Crippen MR) is 43.1 cm³/mol. The molecule has 0 bridgehead atoms. The molecule has 0 N–H and O–H groups in total. The number of hydrogen-bond donors (Lipinski definition) is 0. The molecule has 0 aliphatic rings. The SMILES string of the molecule is CSC(C)C.Cl.Cl. The fraction of sp³-hybridized carbons (Fsp3) is 1.00. The van der Waals surface area contributed by atoms with Crippen molar-refractivity contribution in [3.05, 3.63) is 0 Å². The van der Waals surface area contributed by atoms with E-state index >= 15 is 0 Å². The first-order valence-electron chi connectivity index (χ1n) is 1.80. The highest BCUT2D eigenvalue weighted by Gasteiger charge is 1.80. The van der Waals surface area contributed by atoms with Gasteiger partial charge in [0.1, 0.15) is 0 Å². The van der Waals surface area contributed by atoms with Crippen molar-refractivity contribution in [3.8, 4) is 0 Å². The van der Waals surface area contributed by atoms with E-state index in [0.29, 0.717) is 0 Å². The zero-order valence-corrected chi connectivity index (χ0v) is 7.25. The fourth-order valence-corrected chi connectivity index (χ4v) is 0. The largest absolute Gasteiger partial charge is 0.163 e. The topological polar surface area (TPSA) is 0 Å². The van der Waals surface area contributed by atoms with E-state index in [0.717, 1.165) is 5.25 Å². The van der Waals surface area contributed by atoms with Gasteiger partial charge >= 0.3 is 0 Å². The summed E-state index contributed by atoms with van der Waals surface area (Å²) in [6, 6.07) is 0. The quantitative estimate of drug-likeness (QED) is 0.572. The molecule has 0 unspecified atom stereocenters. The minimum atomic E-state index is 0. The molecule has 0 heterocycles. The average Bonchev–Trinajstić information content (AvgIpc) is 1.38. The predicted octanol–water partition coefficient (Wildman–Crippen LogP) is 2.60. The highest BCUT2D eigenvalue weighted by Crippen LogP contribution is 2.00. The van der Waals surface area contributed by atoms with Gasteiger partial charge in [-0.25, -0.2) is 0 Å². The van der Waals surface area contributed by atoms with Crippen LogP contribution in [0.2, 0.25) is 0 Å². The lowest BCUT2D eigenvalue weighted by atomic mass is 10.6. The molecule has 0 aliphatic carbocycles. The van der Waals surface area contributed by atoms with Crippen LogP contribution in [0.5, 0.6) is 0 Å². The summed E-state index contributed by atoms with van der Waals surface area (Å²) in [5, 5.41) is 0.801. The lowest BCUT2D eigenvalue weighted by Gasteiger charge is -1.90. The molecular formula is C4H12Cl2S. The summed E-state index contributed by atoms with van der Waals surface area (Å²) in [6.45, 7) is 4.37. The Bertz CT molecular complexity index is 23.7. The van der Waals surface area contributed by atoms with Crippen LogP contribution in [0.25, 0.3) is 0 Å². The first-order valence-corrected chi connectivity index (χ1v) is 3.09. The Morgan fingerprint density at radius 1 is 1.14 bits per heavy atom. The zero-order chi connectivity index (χ0) is 4.28. The van der Waals surface area contributed by atoms with E-state index in [1.54, 1.807) is 0 Å². The third-order valence-corrected chi connectivity index (χ3v) is 1.41. The van der Waals surface area contributed by atoms with Crippen LogP contribution in [0, 0.1) is 0 Å². The van der Waals surface area contributed by atoms with Gasteiger partial charge in [0, 0.05) is 0 Å². The molecule has 0 atom stereocenters. The third kappa shape index (κ3) is 19.6. The van der Waals surface area contributed by atoms with Gasteiger partial charge in [-0.3, -0.25) is 0 Å². The van der Waals surface area contributed by atoms with Crippen LogP contribution >= 0.6 is 36.6 Å². The van der Waals surface area contributed by atoms with E-state index in [2.05, 4.69) is 20.1 Å². The van der Waals surface area contributed by atoms with Crippen LogP contribution in [0.15, 0.2) is 0 Å². The van der Waals surface area contributed by atoms with Crippen LogP contribution < -0.4 is 0 Å². The summed E-state index contributed by atoms with van der Waals surface area (Å²) in [6.07, 6.45) is 2.12. The van der Waals surface area contributed by atoms with Gasteiger partial charge in [0.15, 0.2) is 0 Å². The second-order valence-corrected chi connectivity index (χ2v) is 2.70. The molecule has 48 valence electrons. The van der Waals surface area contributed by atoms with Crippen molar-refractivity contribution in [2.75, 3.05) is 6.26 Å². The molecule has 0 nitrogen and oxygen atoms in total. The molecule has 0 saturated carbocycles. The summed E-state index contributed by atoms with van der Waals surface area (Å²) in [4.78, 5) is 0. The van der Waals surface area contributed by atoms with E-state index in [-0.39, 0.29) is 24.8 Å². The van der Waals surface area contributed by atoms with Crippen molar-refractivity contribution in [2.45, 2.75) is 19.1 Å². The average molecular weight is 163 g/mol. The monoisotopic (exact) mass is 162 g/mol. The van der Waals surface area contributed by atoms with Crippen molar-refractivity contribution >= 4 is 36.6 Å². The second-order valence-electron chi connectivity index (χ2n) is 1.28. The molecule has 0 aromatic rings. The Morgan fingerprint density at radius 3 is 1.29 bits per heavy atom. The maximum Gasteiger partial charge on any atom is -0.00125 e. The summed E-state index contributed by atoms with van der Waals surface area (Å²) < 4.78 is 0. The highest BCUT2D eigenvalue weighted by molar-refractivity contribution is 7.99. The number of hydrogen-bond acceptors (Lipinski definition) is 1. The number of halogens is 2. The normalized spacial score (nSPS) is 6.86. The van der Waals surface area contributed by atoms with Crippen LogP contribution in [0.3, 0.4) is 0 Å². The van der Waals surface area contributed by atoms with Crippen LogP contribution in [0.4, 0.5) is 0 Å². The fourth-order valence-electron chi connectivity index (χ4n) is 0. The Kier molecular flexibility index (Phi) is 22.4. The standard InChI is InChI=1S/C4H10S.2ClH/c1-4(2)5-3;;/h4H,1-3H3;2*1H. The van der Waals surface area contributed by atoms with Crippen molar-refractivity contribution in [2.24, 2.45) is 0 Å². The van der Waals surface area contributed by atoms with Gasteiger partial charge in [0.25, 0.3) is 0 Å². The van der Waals surface area contributed by atoms with Crippen molar-refractivity contribution in [3.63, 3.8) is 0 Å². The van der Waals surface area contributed by atoms with Gasteiger partial charge in [0.2, 0.25) is 0 Å². The second kappa shape index (κ2) is 10.0.